The molecule has 1 saturated carbocycles. The lowest BCUT2D eigenvalue weighted by Crippen LogP contribution is -2.75. The third-order valence-electron chi connectivity index (χ3n) is 5.77. The van der Waals surface area contributed by atoms with Crippen molar-refractivity contribution in [3.63, 3.8) is 0 Å². The van der Waals surface area contributed by atoms with E-state index in [0.717, 1.165) is 39.0 Å². The smallest absolute Gasteiger partial charge is 0.243 e. The first kappa shape index (κ1) is 17.7. The first-order valence-electron chi connectivity index (χ1n) is 8.56. The number of ether oxygens (including phenoxy) is 2. The monoisotopic (exact) mass is 312 g/mol. The molecule has 0 aromatic rings. The van der Waals surface area contributed by atoms with Gasteiger partial charge in [-0.15, -0.1) is 0 Å². The first-order chi connectivity index (χ1) is 10.3. The van der Waals surface area contributed by atoms with Crippen molar-refractivity contribution in [2.24, 2.45) is 17.1 Å². The van der Waals surface area contributed by atoms with Gasteiger partial charge in [0.25, 0.3) is 0 Å². The second-order valence-electron chi connectivity index (χ2n) is 7.41. The third kappa shape index (κ3) is 3.17. The molecule has 1 aliphatic heterocycles. The van der Waals surface area contributed by atoms with Crippen molar-refractivity contribution in [1.29, 1.82) is 0 Å². The Balaban J connectivity index is 1.87. The Morgan fingerprint density at radius 1 is 1.36 bits per heavy atom. The Kier molecular flexibility index (Phi) is 5.51. The summed E-state index contributed by atoms with van der Waals surface area (Å²) in [6.07, 6.45) is 3.95. The number of nitrogens with two attached hydrogens (primary N) is 1. The van der Waals surface area contributed by atoms with E-state index < -0.39 is 5.54 Å². The van der Waals surface area contributed by atoms with Crippen LogP contribution in [0.2, 0.25) is 0 Å². The Morgan fingerprint density at radius 3 is 2.55 bits per heavy atom. The van der Waals surface area contributed by atoms with Gasteiger partial charge in [0.15, 0.2) is 0 Å². The Labute approximate surface area is 134 Å². The molecule has 5 nitrogen and oxygen atoms in total. The van der Waals surface area contributed by atoms with E-state index in [9.17, 15) is 4.79 Å². The van der Waals surface area contributed by atoms with E-state index in [1.165, 1.54) is 0 Å². The van der Waals surface area contributed by atoms with E-state index in [2.05, 4.69) is 0 Å². The molecular formula is C17H32N2O3. The molecule has 2 aliphatic rings. The molecule has 22 heavy (non-hydrogen) atoms. The molecule has 1 aliphatic carbocycles. The van der Waals surface area contributed by atoms with Gasteiger partial charge in [0.1, 0.15) is 5.54 Å². The number of carbonyl (C=O) groups excluding carboxylic acids is 1. The number of hydrogen-bond donors (Lipinski definition) is 1. The summed E-state index contributed by atoms with van der Waals surface area (Å²) in [7, 11) is 1.88. The van der Waals surface area contributed by atoms with Crippen LogP contribution in [0.5, 0.6) is 0 Å². The van der Waals surface area contributed by atoms with Crippen LogP contribution in [-0.4, -0.2) is 55.9 Å². The van der Waals surface area contributed by atoms with Gasteiger partial charge in [-0.1, -0.05) is 13.8 Å². The number of carbonyl (C=O) groups is 1. The molecule has 2 rings (SSSR count). The van der Waals surface area contributed by atoms with Gasteiger partial charge in [-0.25, -0.2) is 0 Å². The largest absolute Gasteiger partial charge is 0.381 e. The van der Waals surface area contributed by atoms with Crippen LogP contribution in [-0.2, 0) is 14.3 Å². The lowest BCUT2D eigenvalue weighted by Gasteiger charge is -2.58. The van der Waals surface area contributed by atoms with Crippen molar-refractivity contribution < 1.29 is 14.3 Å². The summed E-state index contributed by atoms with van der Waals surface area (Å²) in [5.74, 6) is 0.726. The van der Waals surface area contributed by atoms with Gasteiger partial charge >= 0.3 is 0 Å². The fourth-order valence-electron chi connectivity index (χ4n) is 3.65. The number of nitrogens with zero attached hydrogens (tertiary/aromatic N) is 1. The molecule has 0 aromatic carbocycles. The van der Waals surface area contributed by atoms with Crippen LogP contribution < -0.4 is 5.73 Å². The highest BCUT2D eigenvalue weighted by molar-refractivity contribution is 5.88. The predicted octanol–water partition coefficient (Wildman–Crippen LogP) is 1.79. The third-order valence-corrected chi connectivity index (χ3v) is 5.77. The van der Waals surface area contributed by atoms with Crippen LogP contribution in [0.1, 0.15) is 46.5 Å². The quantitative estimate of drug-likeness (QED) is 0.812. The van der Waals surface area contributed by atoms with Crippen molar-refractivity contribution in [1.82, 2.24) is 4.90 Å². The van der Waals surface area contributed by atoms with E-state index in [4.69, 9.17) is 15.2 Å². The fourth-order valence-corrected chi connectivity index (χ4v) is 3.65. The van der Waals surface area contributed by atoms with Gasteiger partial charge < -0.3 is 20.1 Å². The molecule has 2 N–H and O–H groups in total. The SMILES string of the molecule is CCOC1CC(N)(C(=O)N(C)CCC2CCOCC2)C1(C)C. The standard InChI is InChI=1S/C17H32N2O3/c1-5-22-14-12-17(18,16(14,2)3)15(20)19(4)9-6-13-7-10-21-11-8-13/h13-14H,5-12,18H2,1-4H3. The molecule has 1 saturated heterocycles. The van der Waals surface area contributed by atoms with Crippen molar-refractivity contribution >= 4 is 5.91 Å². The van der Waals surface area contributed by atoms with E-state index in [0.29, 0.717) is 18.9 Å². The fraction of sp³-hybridized carbons (Fsp3) is 0.941. The average Bonchev–Trinajstić information content (AvgIpc) is 2.52. The zero-order valence-electron chi connectivity index (χ0n) is 14.6. The van der Waals surface area contributed by atoms with E-state index in [-0.39, 0.29) is 17.4 Å². The minimum absolute atomic E-state index is 0.0560. The van der Waals surface area contributed by atoms with Gasteiger partial charge in [-0.2, -0.15) is 0 Å². The molecule has 1 heterocycles. The molecule has 0 spiro atoms. The molecule has 0 aromatic heterocycles. The molecule has 1 amide bonds. The van der Waals surface area contributed by atoms with Gasteiger partial charge in [-0.05, 0) is 32.1 Å². The zero-order chi connectivity index (χ0) is 16.4. The van der Waals surface area contributed by atoms with E-state index >= 15 is 0 Å². The highest BCUT2D eigenvalue weighted by atomic mass is 16.5. The van der Waals surface area contributed by atoms with Crippen LogP contribution in [0.25, 0.3) is 0 Å². The number of amides is 1. The number of hydrogen-bond acceptors (Lipinski definition) is 4. The molecule has 0 radical (unpaired) electrons. The first-order valence-corrected chi connectivity index (χ1v) is 8.56. The maximum absolute atomic E-state index is 12.8. The zero-order valence-corrected chi connectivity index (χ0v) is 14.6. The lowest BCUT2D eigenvalue weighted by atomic mass is 9.54. The van der Waals surface area contributed by atoms with E-state index in [1.54, 1.807) is 0 Å². The molecule has 2 unspecified atom stereocenters. The minimum Gasteiger partial charge on any atom is -0.381 e. The average molecular weight is 312 g/mol. The molecule has 2 atom stereocenters. The summed E-state index contributed by atoms with van der Waals surface area (Å²) < 4.78 is 11.1. The minimum atomic E-state index is -0.794. The van der Waals surface area contributed by atoms with Crippen molar-refractivity contribution in [3.05, 3.63) is 0 Å². The Bertz CT molecular complexity index is 393. The predicted molar refractivity (Wildman–Crippen MR) is 86.5 cm³/mol. The van der Waals surface area contributed by atoms with Crippen LogP contribution in [0.4, 0.5) is 0 Å². The normalized spacial score (nSPS) is 31.6. The second kappa shape index (κ2) is 6.85. The van der Waals surface area contributed by atoms with Crippen LogP contribution >= 0.6 is 0 Å². The van der Waals surface area contributed by atoms with Crippen molar-refractivity contribution in [2.75, 3.05) is 33.4 Å². The van der Waals surface area contributed by atoms with Crippen LogP contribution in [0.3, 0.4) is 0 Å². The number of likely N-dealkylation sites (N-methyl/N-ethyl adjacent to an activating group) is 1. The Morgan fingerprint density at radius 2 is 2.00 bits per heavy atom. The lowest BCUT2D eigenvalue weighted by molar-refractivity contribution is -0.178. The molecular weight excluding hydrogens is 280 g/mol. The van der Waals surface area contributed by atoms with Crippen molar-refractivity contribution in [2.45, 2.75) is 58.1 Å². The molecule has 2 fully saturated rings. The highest BCUT2D eigenvalue weighted by Crippen LogP contribution is 2.50. The van der Waals surface area contributed by atoms with Gasteiger partial charge in [0.2, 0.25) is 5.91 Å². The summed E-state index contributed by atoms with van der Waals surface area (Å²) >= 11 is 0. The Hall–Kier alpha value is -0.650. The summed E-state index contributed by atoms with van der Waals surface area (Å²) in [5, 5.41) is 0. The van der Waals surface area contributed by atoms with Crippen LogP contribution in [0, 0.1) is 11.3 Å². The van der Waals surface area contributed by atoms with Gasteiger partial charge in [0.05, 0.1) is 6.10 Å². The summed E-state index contributed by atoms with van der Waals surface area (Å²) in [5.41, 5.74) is 5.36. The van der Waals surface area contributed by atoms with Crippen LogP contribution in [0.15, 0.2) is 0 Å². The summed E-state index contributed by atoms with van der Waals surface area (Å²) in [4.78, 5) is 14.6. The topological polar surface area (TPSA) is 64.8 Å². The van der Waals surface area contributed by atoms with Gasteiger partial charge in [-0.3, -0.25) is 4.79 Å². The van der Waals surface area contributed by atoms with E-state index in [1.807, 2.05) is 32.7 Å². The summed E-state index contributed by atoms with van der Waals surface area (Å²) in [6.45, 7) is 9.21. The second-order valence-corrected chi connectivity index (χ2v) is 7.41. The number of rotatable bonds is 6. The maximum atomic E-state index is 12.8. The van der Waals surface area contributed by atoms with Gasteiger partial charge in [0, 0.05) is 45.2 Å². The molecule has 5 heteroatoms. The maximum Gasteiger partial charge on any atom is 0.243 e. The highest BCUT2D eigenvalue weighted by Gasteiger charge is 2.63. The summed E-state index contributed by atoms with van der Waals surface area (Å²) in [6, 6.07) is 0. The molecule has 0 bridgehead atoms. The molecule has 128 valence electrons. The van der Waals surface area contributed by atoms with Crippen molar-refractivity contribution in [3.8, 4) is 0 Å².